The summed E-state index contributed by atoms with van der Waals surface area (Å²) in [6.07, 6.45) is 6.55. The molecule has 0 amide bonds. The number of alkyl halides is 1. The molecule has 22 heavy (non-hydrogen) atoms. The quantitative estimate of drug-likeness (QED) is 0.795. The lowest BCUT2D eigenvalue weighted by Gasteiger charge is -2.37. The maximum atomic E-state index is 13.3. The van der Waals surface area contributed by atoms with Gasteiger partial charge in [-0.05, 0) is 44.6 Å². The van der Waals surface area contributed by atoms with Crippen LogP contribution in [0.5, 0.6) is 11.5 Å². The van der Waals surface area contributed by atoms with Crippen LogP contribution in [-0.4, -0.2) is 37.5 Å². The van der Waals surface area contributed by atoms with Crippen LogP contribution in [0, 0.1) is 0 Å². The van der Waals surface area contributed by atoms with Crippen LogP contribution < -0.4 is 9.47 Å². The predicted octanol–water partition coefficient (Wildman–Crippen LogP) is 3.21. The number of likely N-dealkylation sites (tertiary alicyclic amines) is 1. The molecule has 3 nitrogen and oxygen atoms in total. The van der Waals surface area contributed by atoms with Crippen molar-refractivity contribution in [3.8, 4) is 11.5 Å². The number of halogens is 1. The minimum atomic E-state index is -1.37. The van der Waals surface area contributed by atoms with Gasteiger partial charge in [-0.2, -0.15) is 4.39 Å². The molecule has 1 aliphatic carbocycles. The highest BCUT2D eigenvalue weighted by Crippen LogP contribution is 2.46. The van der Waals surface area contributed by atoms with Crippen LogP contribution in [0.3, 0.4) is 0 Å². The molecular formula is C18H20FNO2. The third-order valence-corrected chi connectivity index (χ3v) is 5.05. The van der Waals surface area contributed by atoms with E-state index in [1.54, 1.807) is 0 Å². The molecule has 0 radical (unpaired) electrons. The van der Waals surface area contributed by atoms with Crippen LogP contribution >= 0.6 is 0 Å². The number of fused-ring (bicyclic) bond motifs is 2. The molecule has 0 N–H and O–H groups in total. The average Bonchev–Trinajstić information content (AvgIpc) is 2.85. The summed E-state index contributed by atoms with van der Waals surface area (Å²) >= 11 is 0. The first-order valence-electron chi connectivity index (χ1n) is 7.74. The van der Waals surface area contributed by atoms with Gasteiger partial charge in [-0.3, -0.25) is 4.90 Å². The molecule has 2 aliphatic heterocycles. The molecule has 1 saturated heterocycles. The summed E-state index contributed by atoms with van der Waals surface area (Å²) in [4.78, 5) is 2.39. The number of allylic oxidation sites excluding steroid dienone is 2. The molecule has 0 bridgehead atoms. The Labute approximate surface area is 130 Å². The van der Waals surface area contributed by atoms with Crippen molar-refractivity contribution in [2.75, 3.05) is 20.2 Å². The van der Waals surface area contributed by atoms with E-state index in [0.29, 0.717) is 17.5 Å². The Morgan fingerprint density at radius 1 is 1.32 bits per heavy atom. The molecule has 0 aromatic heterocycles. The van der Waals surface area contributed by atoms with Gasteiger partial charge in [0.05, 0.1) is 0 Å². The van der Waals surface area contributed by atoms with Gasteiger partial charge in [0.15, 0.2) is 18.1 Å². The van der Waals surface area contributed by atoms with Crippen LogP contribution in [0.2, 0.25) is 0 Å². The maximum Gasteiger partial charge on any atom is 0.272 e. The van der Waals surface area contributed by atoms with E-state index in [0.717, 1.165) is 13.0 Å². The highest BCUT2D eigenvalue weighted by molar-refractivity contribution is 5.51. The maximum absolute atomic E-state index is 13.3. The van der Waals surface area contributed by atoms with E-state index in [9.17, 15) is 4.39 Å². The minimum Gasteiger partial charge on any atom is -0.483 e. The Morgan fingerprint density at radius 3 is 3.05 bits per heavy atom. The zero-order chi connectivity index (χ0) is 15.3. The molecule has 1 aromatic rings. The summed E-state index contributed by atoms with van der Waals surface area (Å²) in [6, 6.07) is 6.26. The first kappa shape index (κ1) is 13.8. The van der Waals surface area contributed by atoms with E-state index in [-0.39, 0.29) is 12.0 Å². The first-order chi connectivity index (χ1) is 10.6. The molecule has 4 heteroatoms. The van der Waals surface area contributed by atoms with E-state index < -0.39 is 6.36 Å². The highest BCUT2D eigenvalue weighted by atomic mass is 19.1. The molecule has 2 heterocycles. The van der Waals surface area contributed by atoms with Gasteiger partial charge in [-0.15, -0.1) is 0 Å². The van der Waals surface area contributed by atoms with E-state index in [4.69, 9.17) is 9.47 Å². The zero-order valence-electron chi connectivity index (χ0n) is 12.9. The van der Waals surface area contributed by atoms with Gasteiger partial charge < -0.3 is 9.47 Å². The fourth-order valence-electron chi connectivity index (χ4n) is 3.83. The van der Waals surface area contributed by atoms with Gasteiger partial charge in [0.1, 0.15) is 0 Å². The second kappa shape index (κ2) is 4.85. The third-order valence-electron chi connectivity index (χ3n) is 5.05. The molecule has 0 saturated carbocycles. The standard InChI is InChI=1S/C18H20FNO2/c1-12-5-6-18(7-8-20(2)16(18)9-12)13-3-4-14-15(10-13)21-11-17(19)22-14/h3-6,9-10,16-17H,7-8,11H2,1-2H3/t16-,17?,18-/m0/s1. The number of rotatable bonds is 1. The minimum absolute atomic E-state index is 0.0286. The number of nitrogens with zero attached hydrogens (tertiary/aromatic N) is 1. The fourth-order valence-corrected chi connectivity index (χ4v) is 3.83. The molecule has 3 aliphatic rings. The lowest BCUT2D eigenvalue weighted by atomic mass is 9.71. The Morgan fingerprint density at radius 2 is 2.18 bits per heavy atom. The molecule has 1 aromatic carbocycles. The molecule has 3 atom stereocenters. The van der Waals surface area contributed by atoms with E-state index in [2.05, 4.69) is 37.1 Å². The third kappa shape index (κ3) is 1.97. The van der Waals surface area contributed by atoms with Crippen molar-refractivity contribution in [1.82, 2.24) is 4.90 Å². The molecular weight excluding hydrogens is 281 g/mol. The van der Waals surface area contributed by atoms with Gasteiger partial charge in [-0.25, -0.2) is 0 Å². The van der Waals surface area contributed by atoms with Crippen molar-refractivity contribution in [2.45, 2.75) is 31.2 Å². The summed E-state index contributed by atoms with van der Waals surface area (Å²) in [5.41, 5.74) is 2.48. The van der Waals surface area contributed by atoms with E-state index in [1.165, 1.54) is 11.1 Å². The lowest BCUT2D eigenvalue weighted by molar-refractivity contribution is -0.00301. The fraction of sp³-hybridized carbons (Fsp3) is 0.444. The number of ether oxygens (including phenoxy) is 2. The van der Waals surface area contributed by atoms with Gasteiger partial charge in [0.2, 0.25) is 0 Å². The number of hydrogen-bond acceptors (Lipinski definition) is 3. The van der Waals surface area contributed by atoms with Crippen molar-refractivity contribution < 1.29 is 13.9 Å². The number of benzene rings is 1. The topological polar surface area (TPSA) is 21.7 Å². The highest BCUT2D eigenvalue weighted by Gasteiger charge is 2.46. The van der Waals surface area contributed by atoms with Gasteiger partial charge in [0.25, 0.3) is 6.36 Å². The molecule has 116 valence electrons. The summed E-state index contributed by atoms with van der Waals surface area (Å²) in [5.74, 6) is 1.14. The van der Waals surface area contributed by atoms with Gasteiger partial charge in [-0.1, -0.05) is 29.9 Å². The Bertz CT molecular complexity index is 669. The first-order valence-corrected chi connectivity index (χ1v) is 7.74. The summed E-state index contributed by atoms with van der Waals surface area (Å²) in [5, 5.41) is 0. The monoisotopic (exact) mass is 301 g/mol. The van der Waals surface area contributed by atoms with Crippen LogP contribution in [0.4, 0.5) is 4.39 Å². The molecule has 1 fully saturated rings. The average molecular weight is 301 g/mol. The zero-order valence-corrected chi connectivity index (χ0v) is 12.9. The van der Waals surface area contributed by atoms with Crippen molar-refractivity contribution >= 4 is 0 Å². The van der Waals surface area contributed by atoms with Crippen LogP contribution in [-0.2, 0) is 5.41 Å². The van der Waals surface area contributed by atoms with Gasteiger partial charge >= 0.3 is 0 Å². The summed E-state index contributed by atoms with van der Waals surface area (Å²) in [7, 11) is 2.17. The molecule has 4 rings (SSSR count). The number of hydrogen-bond donors (Lipinski definition) is 0. The van der Waals surface area contributed by atoms with Crippen molar-refractivity contribution in [2.24, 2.45) is 0 Å². The molecule has 1 unspecified atom stereocenters. The van der Waals surface area contributed by atoms with Crippen LogP contribution in [0.15, 0.2) is 42.0 Å². The van der Waals surface area contributed by atoms with Crippen molar-refractivity contribution in [1.29, 1.82) is 0 Å². The predicted molar refractivity (Wildman–Crippen MR) is 83.1 cm³/mol. The smallest absolute Gasteiger partial charge is 0.272 e. The lowest BCUT2D eigenvalue weighted by Crippen LogP contribution is -2.40. The van der Waals surface area contributed by atoms with Gasteiger partial charge in [0, 0.05) is 11.5 Å². The SMILES string of the molecule is CC1=C[C@@H]2N(C)CC[C@]2(c2ccc3c(c2)OCC(F)O3)C=C1. The summed E-state index contributed by atoms with van der Waals surface area (Å²) in [6.45, 7) is 3.15. The second-order valence-corrected chi connectivity index (χ2v) is 6.46. The summed E-state index contributed by atoms with van der Waals surface area (Å²) < 4.78 is 23.9. The Balaban J connectivity index is 1.77. The Kier molecular flexibility index (Phi) is 3.05. The van der Waals surface area contributed by atoms with Crippen LogP contribution in [0.25, 0.3) is 0 Å². The van der Waals surface area contributed by atoms with E-state index in [1.807, 2.05) is 18.2 Å². The van der Waals surface area contributed by atoms with Crippen molar-refractivity contribution in [3.63, 3.8) is 0 Å². The van der Waals surface area contributed by atoms with Crippen LogP contribution in [0.1, 0.15) is 18.9 Å². The van der Waals surface area contributed by atoms with Crippen molar-refractivity contribution in [3.05, 3.63) is 47.6 Å². The molecule has 0 spiro atoms. The van der Waals surface area contributed by atoms with E-state index >= 15 is 0 Å². The number of likely N-dealkylation sites (N-methyl/N-ethyl adjacent to an activating group) is 1. The normalized spacial score (nSPS) is 33.5. The second-order valence-electron chi connectivity index (χ2n) is 6.46. The largest absolute Gasteiger partial charge is 0.483 e. The Hall–Kier alpha value is -1.81.